The SMILES string of the molecule is COC1=C[C@@H](c2ccccc2)CC=C1.[C-]#[O+].[C-]#[O+].[C-]#[O+].[Fe]. The van der Waals surface area contributed by atoms with Crippen molar-refractivity contribution in [1.82, 2.24) is 0 Å². The van der Waals surface area contributed by atoms with Crippen molar-refractivity contribution in [3.05, 3.63) is 79.8 Å². The zero-order valence-electron chi connectivity index (χ0n) is 11.4. The summed E-state index contributed by atoms with van der Waals surface area (Å²) in [5, 5.41) is 0. The van der Waals surface area contributed by atoms with Crippen molar-refractivity contribution >= 4 is 0 Å². The van der Waals surface area contributed by atoms with Crippen LogP contribution in [0.1, 0.15) is 17.9 Å². The Morgan fingerprint density at radius 3 is 2.00 bits per heavy atom. The normalized spacial score (nSPS) is 13.9. The molecule has 0 bridgehead atoms. The van der Waals surface area contributed by atoms with E-state index in [0.717, 1.165) is 12.2 Å². The number of methoxy groups -OCH3 is 1. The van der Waals surface area contributed by atoms with Gasteiger partial charge in [0.1, 0.15) is 5.76 Å². The van der Waals surface area contributed by atoms with Gasteiger partial charge in [0.15, 0.2) is 0 Å². The van der Waals surface area contributed by atoms with Gasteiger partial charge in [-0.3, -0.25) is 0 Å². The number of allylic oxidation sites excluding steroid dienone is 3. The van der Waals surface area contributed by atoms with E-state index in [9.17, 15) is 0 Å². The van der Waals surface area contributed by atoms with Crippen LogP contribution in [0.2, 0.25) is 0 Å². The Morgan fingerprint density at radius 1 is 1.00 bits per heavy atom. The van der Waals surface area contributed by atoms with Gasteiger partial charge in [0, 0.05) is 23.0 Å². The molecule has 0 fully saturated rings. The topological polar surface area (TPSA) is 68.9 Å². The molecule has 5 heteroatoms. The number of hydrogen-bond acceptors (Lipinski definition) is 1. The Labute approximate surface area is 135 Å². The van der Waals surface area contributed by atoms with Crippen molar-refractivity contribution in [2.24, 2.45) is 0 Å². The van der Waals surface area contributed by atoms with Crippen molar-refractivity contribution in [2.75, 3.05) is 7.11 Å². The fourth-order valence-electron chi connectivity index (χ4n) is 1.72. The summed E-state index contributed by atoms with van der Waals surface area (Å²) in [5.74, 6) is 1.43. The van der Waals surface area contributed by atoms with Crippen LogP contribution in [0.25, 0.3) is 0 Å². The van der Waals surface area contributed by atoms with Gasteiger partial charge in [-0.1, -0.05) is 36.4 Å². The molecule has 0 heterocycles. The van der Waals surface area contributed by atoms with Crippen molar-refractivity contribution < 1.29 is 35.8 Å². The van der Waals surface area contributed by atoms with E-state index >= 15 is 0 Å². The van der Waals surface area contributed by atoms with Crippen molar-refractivity contribution in [3.8, 4) is 0 Å². The molecule has 1 aromatic rings. The quantitative estimate of drug-likeness (QED) is 0.468. The van der Waals surface area contributed by atoms with Crippen LogP contribution in [0.5, 0.6) is 0 Å². The average molecular weight is 326 g/mol. The van der Waals surface area contributed by atoms with Crippen molar-refractivity contribution in [3.63, 3.8) is 0 Å². The molecule has 0 N–H and O–H groups in total. The van der Waals surface area contributed by atoms with Crippen LogP contribution in [-0.4, -0.2) is 7.11 Å². The van der Waals surface area contributed by atoms with Gasteiger partial charge in [0.2, 0.25) is 0 Å². The van der Waals surface area contributed by atoms with E-state index < -0.39 is 0 Å². The molecule has 4 nitrogen and oxygen atoms in total. The summed E-state index contributed by atoms with van der Waals surface area (Å²) in [7, 11) is 1.71. The summed E-state index contributed by atoms with van der Waals surface area (Å²) < 4.78 is 27.7. The second-order valence-electron chi connectivity index (χ2n) is 3.43. The third-order valence-electron chi connectivity index (χ3n) is 2.50. The first-order chi connectivity index (χ1) is 9.90. The smallest absolute Gasteiger partial charge is 0 e. The first-order valence-electron chi connectivity index (χ1n) is 5.48. The van der Waals surface area contributed by atoms with Crippen LogP contribution in [0.4, 0.5) is 0 Å². The molecule has 110 valence electrons. The standard InChI is InChI=1S/C13H14O.3CO.Fe/c1-14-13-9-5-8-12(10-13)11-6-3-2-4-7-11;3*1-2;/h2-7,9-10,12H,8H2,1H3;;;;/t12-;;;;/m0..../s1. The first-order valence-corrected chi connectivity index (χ1v) is 5.48. The summed E-state index contributed by atoms with van der Waals surface area (Å²) in [4.78, 5) is 0. The molecule has 0 radical (unpaired) electrons. The molecule has 0 saturated carbocycles. The minimum atomic E-state index is 0. The van der Waals surface area contributed by atoms with Crippen LogP contribution in [0.3, 0.4) is 0 Å². The maximum atomic E-state index is 7.50. The van der Waals surface area contributed by atoms with E-state index in [0.29, 0.717) is 5.92 Å². The summed E-state index contributed by atoms with van der Waals surface area (Å²) in [6.07, 6.45) is 7.43. The Kier molecular flexibility index (Phi) is 21.1. The second-order valence-corrected chi connectivity index (χ2v) is 3.43. The van der Waals surface area contributed by atoms with Gasteiger partial charge in [-0.2, -0.15) is 0 Å². The Bertz CT molecular complexity index is 458. The van der Waals surface area contributed by atoms with E-state index in [1.165, 1.54) is 5.56 Å². The number of benzene rings is 1. The molecular formula is C16H14FeO4. The van der Waals surface area contributed by atoms with Crippen LogP contribution < -0.4 is 0 Å². The fourth-order valence-corrected chi connectivity index (χ4v) is 1.72. The van der Waals surface area contributed by atoms with Crippen LogP contribution in [0, 0.1) is 20.0 Å². The van der Waals surface area contributed by atoms with E-state index in [2.05, 4.69) is 56.4 Å². The summed E-state index contributed by atoms with van der Waals surface area (Å²) in [6.45, 7) is 13.5. The predicted molar refractivity (Wildman–Crippen MR) is 69.8 cm³/mol. The molecule has 0 unspecified atom stereocenters. The van der Waals surface area contributed by atoms with Gasteiger partial charge in [0.05, 0.1) is 7.11 Å². The van der Waals surface area contributed by atoms with Gasteiger partial charge >= 0.3 is 33.9 Å². The van der Waals surface area contributed by atoms with Crippen LogP contribution in [0.15, 0.2) is 54.3 Å². The minimum Gasteiger partial charge on any atom is 0 e. The Balaban J connectivity index is -0.000000414. The molecular weight excluding hydrogens is 312 g/mol. The zero-order chi connectivity index (χ0) is 15.8. The van der Waals surface area contributed by atoms with Crippen LogP contribution >= 0.6 is 0 Å². The van der Waals surface area contributed by atoms with Gasteiger partial charge in [-0.25, -0.2) is 0 Å². The van der Waals surface area contributed by atoms with Crippen molar-refractivity contribution in [1.29, 1.82) is 0 Å². The van der Waals surface area contributed by atoms with Gasteiger partial charge in [0.25, 0.3) is 0 Å². The number of ether oxygens (including phenoxy) is 1. The molecule has 0 aromatic heterocycles. The molecule has 2 rings (SSSR count). The maximum absolute atomic E-state index is 7.50. The molecule has 0 saturated heterocycles. The molecule has 21 heavy (non-hydrogen) atoms. The van der Waals surface area contributed by atoms with E-state index in [4.69, 9.17) is 18.7 Å². The number of hydrogen-bond donors (Lipinski definition) is 0. The Morgan fingerprint density at radius 2 is 1.52 bits per heavy atom. The molecule has 1 aliphatic rings. The molecule has 0 amide bonds. The summed E-state index contributed by atoms with van der Waals surface area (Å²) in [6, 6.07) is 10.5. The largest absolute Gasteiger partial charge is 0 e. The van der Waals surface area contributed by atoms with Gasteiger partial charge < -0.3 is 4.74 Å². The van der Waals surface area contributed by atoms with Gasteiger partial charge in [-0.05, 0) is 24.1 Å². The maximum Gasteiger partial charge on any atom is 0 e. The summed E-state index contributed by atoms with van der Waals surface area (Å²) in [5.41, 5.74) is 1.35. The molecule has 0 aliphatic heterocycles. The molecule has 0 spiro atoms. The third kappa shape index (κ3) is 9.73. The second kappa shape index (κ2) is 18.2. The van der Waals surface area contributed by atoms with E-state index in [1.807, 2.05) is 12.1 Å². The third-order valence-corrected chi connectivity index (χ3v) is 2.50. The van der Waals surface area contributed by atoms with Crippen molar-refractivity contribution in [2.45, 2.75) is 12.3 Å². The number of rotatable bonds is 2. The first kappa shape index (κ1) is 24.3. The van der Waals surface area contributed by atoms with E-state index in [1.54, 1.807) is 7.11 Å². The average Bonchev–Trinajstić information content (AvgIpc) is 2.61. The Hall–Kier alpha value is -1.76. The van der Waals surface area contributed by atoms with Gasteiger partial charge in [-0.15, -0.1) is 0 Å². The van der Waals surface area contributed by atoms with Crippen LogP contribution in [-0.2, 0) is 35.8 Å². The summed E-state index contributed by atoms with van der Waals surface area (Å²) >= 11 is 0. The molecule has 1 aliphatic carbocycles. The fraction of sp³-hybridized carbons (Fsp3) is 0.188. The zero-order valence-corrected chi connectivity index (χ0v) is 12.5. The molecule has 1 atom stereocenters. The molecule has 1 aromatic carbocycles. The minimum absolute atomic E-state index is 0. The van der Waals surface area contributed by atoms with E-state index in [-0.39, 0.29) is 17.1 Å². The monoisotopic (exact) mass is 326 g/mol. The predicted octanol–water partition coefficient (Wildman–Crippen LogP) is 3.15.